The third kappa shape index (κ3) is 4.54. The molecule has 0 fully saturated rings. The summed E-state index contributed by atoms with van der Waals surface area (Å²) >= 11 is 0. The molecule has 0 bridgehead atoms. The maximum atomic E-state index is 12.0. The Bertz CT molecular complexity index is 504. The van der Waals surface area contributed by atoms with E-state index in [1.165, 1.54) is 33.5 Å². The van der Waals surface area contributed by atoms with Gasteiger partial charge in [0.15, 0.2) is 18.1 Å². The smallest absolute Gasteiger partial charge is 0.338 e. The first-order valence-corrected chi connectivity index (χ1v) is 6.81. The van der Waals surface area contributed by atoms with Crippen LogP contribution in [0.25, 0.3) is 0 Å². The van der Waals surface area contributed by atoms with Crippen LogP contribution >= 0.6 is 0 Å². The Morgan fingerprint density at radius 1 is 1.05 bits per heavy atom. The zero-order valence-electron chi connectivity index (χ0n) is 13.2. The minimum atomic E-state index is -0.647. The Hall–Kier alpha value is -2.44. The zero-order valence-corrected chi connectivity index (χ0v) is 13.2. The van der Waals surface area contributed by atoms with Gasteiger partial charge in [-0.25, -0.2) is 4.79 Å². The second-order valence-corrected chi connectivity index (χ2v) is 4.34. The molecule has 7 nitrogen and oxygen atoms in total. The molecule has 0 saturated heterocycles. The molecule has 1 aromatic rings. The number of nitrogens with one attached hydrogen (secondary N) is 1. The summed E-state index contributed by atoms with van der Waals surface area (Å²) in [6.45, 7) is 2.14. The second-order valence-electron chi connectivity index (χ2n) is 4.34. The number of methoxy groups -OCH3 is 3. The van der Waals surface area contributed by atoms with Gasteiger partial charge in [0.05, 0.1) is 26.9 Å². The fourth-order valence-corrected chi connectivity index (χ4v) is 1.73. The van der Waals surface area contributed by atoms with Crippen molar-refractivity contribution in [3.8, 4) is 17.2 Å². The van der Waals surface area contributed by atoms with Crippen LogP contribution in [0.15, 0.2) is 12.1 Å². The summed E-state index contributed by atoms with van der Waals surface area (Å²) < 4.78 is 20.4. The molecule has 22 heavy (non-hydrogen) atoms. The third-order valence-corrected chi connectivity index (χ3v) is 2.81. The molecular weight excluding hydrogens is 290 g/mol. The molecule has 1 amide bonds. The highest BCUT2D eigenvalue weighted by Gasteiger charge is 2.18. The molecule has 122 valence electrons. The van der Waals surface area contributed by atoms with E-state index in [1.807, 2.05) is 6.92 Å². The molecule has 0 saturated carbocycles. The predicted octanol–water partition coefficient (Wildman–Crippen LogP) is 1.40. The lowest BCUT2D eigenvalue weighted by Crippen LogP contribution is -2.29. The first-order valence-electron chi connectivity index (χ1n) is 6.81. The van der Waals surface area contributed by atoms with Gasteiger partial charge in [0.2, 0.25) is 5.75 Å². The van der Waals surface area contributed by atoms with Crippen LogP contribution in [0.2, 0.25) is 0 Å². The maximum absolute atomic E-state index is 12.0. The van der Waals surface area contributed by atoms with Crippen molar-refractivity contribution >= 4 is 11.9 Å². The van der Waals surface area contributed by atoms with Gasteiger partial charge < -0.3 is 24.3 Å². The van der Waals surface area contributed by atoms with Gasteiger partial charge in [-0.1, -0.05) is 6.92 Å². The van der Waals surface area contributed by atoms with E-state index >= 15 is 0 Å². The number of amides is 1. The number of hydrogen-bond acceptors (Lipinski definition) is 6. The van der Waals surface area contributed by atoms with Gasteiger partial charge in [-0.15, -0.1) is 0 Å². The van der Waals surface area contributed by atoms with Gasteiger partial charge in [-0.2, -0.15) is 0 Å². The number of esters is 1. The largest absolute Gasteiger partial charge is 0.493 e. The summed E-state index contributed by atoms with van der Waals surface area (Å²) in [5, 5.41) is 2.62. The predicted molar refractivity (Wildman–Crippen MR) is 79.7 cm³/mol. The fraction of sp³-hybridized carbons (Fsp3) is 0.467. The molecule has 1 rings (SSSR count). The van der Waals surface area contributed by atoms with Gasteiger partial charge in [0.1, 0.15) is 0 Å². The zero-order chi connectivity index (χ0) is 16.5. The molecule has 0 heterocycles. The van der Waals surface area contributed by atoms with Crippen LogP contribution in [-0.2, 0) is 9.53 Å². The number of carbonyl (C=O) groups excluding carboxylic acids is 2. The van der Waals surface area contributed by atoms with Crippen molar-refractivity contribution < 1.29 is 28.5 Å². The van der Waals surface area contributed by atoms with Crippen LogP contribution < -0.4 is 19.5 Å². The van der Waals surface area contributed by atoms with Gasteiger partial charge in [0.25, 0.3) is 5.91 Å². The highest BCUT2D eigenvalue weighted by atomic mass is 16.5. The first kappa shape index (κ1) is 17.6. The fourth-order valence-electron chi connectivity index (χ4n) is 1.73. The standard InChI is InChI=1S/C15H21NO6/c1-5-6-16-13(17)9-22-15(18)10-7-11(19-2)14(21-4)12(8-10)20-3/h7-8H,5-6,9H2,1-4H3,(H,16,17). The molecule has 1 N–H and O–H groups in total. The highest BCUT2D eigenvalue weighted by molar-refractivity contribution is 5.92. The van der Waals surface area contributed by atoms with Crippen LogP contribution in [-0.4, -0.2) is 46.4 Å². The summed E-state index contributed by atoms with van der Waals surface area (Å²) in [6, 6.07) is 2.93. The molecule has 7 heteroatoms. The first-order chi connectivity index (χ1) is 10.6. The number of hydrogen-bond donors (Lipinski definition) is 1. The van der Waals surface area contributed by atoms with Gasteiger partial charge >= 0.3 is 5.97 Å². The van der Waals surface area contributed by atoms with Crippen molar-refractivity contribution in [3.63, 3.8) is 0 Å². The topological polar surface area (TPSA) is 83.1 Å². The average Bonchev–Trinajstić information content (AvgIpc) is 2.55. The highest BCUT2D eigenvalue weighted by Crippen LogP contribution is 2.38. The SMILES string of the molecule is CCCNC(=O)COC(=O)c1cc(OC)c(OC)c(OC)c1. The molecular formula is C15H21NO6. The van der Waals surface area contributed by atoms with Crippen molar-refractivity contribution in [2.75, 3.05) is 34.5 Å². The second kappa shape index (κ2) is 8.76. The van der Waals surface area contributed by atoms with Crippen LogP contribution in [0.3, 0.4) is 0 Å². The minimum Gasteiger partial charge on any atom is -0.493 e. The van der Waals surface area contributed by atoms with Gasteiger partial charge in [-0.05, 0) is 18.6 Å². The lowest BCUT2D eigenvalue weighted by atomic mass is 10.2. The quantitative estimate of drug-likeness (QED) is 0.731. The van der Waals surface area contributed by atoms with E-state index < -0.39 is 5.97 Å². The van der Waals surface area contributed by atoms with E-state index in [-0.39, 0.29) is 18.1 Å². The van der Waals surface area contributed by atoms with Crippen molar-refractivity contribution in [2.24, 2.45) is 0 Å². The van der Waals surface area contributed by atoms with E-state index in [0.717, 1.165) is 6.42 Å². The molecule has 0 radical (unpaired) electrons. The number of carbonyl (C=O) groups is 2. The Morgan fingerprint density at radius 2 is 1.64 bits per heavy atom. The summed E-state index contributed by atoms with van der Waals surface area (Å²) in [6.07, 6.45) is 0.812. The van der Waals surface area contributed by atoms with Crippen LogP contribution in [0.4, 0.5) is 0 Å². The Kier molecular flexibility index (Phi) is 7.01. The molecule has 1 aromatic carbocycles. The van der Waals surface area contributed by atoms with E-state index in [2.05, 4.69) is 5.32 Å². The van der Waals surface area contributed by atoms with E-state index in [4.69, 9.17) is 18.9 Å². The normalized spacial score (nSPS) is 9.82. The Balaban J connectivity index is 2.83. The molecule has 0 aromatic heterocycles. The number of rotatable bonds is 8. The summed E-state index contributed by atoms with van der Waals surface area (Å²) in [5.41, 5.74) is 0.206. The maximum Gasteiger partial charge on any atom is 0.338 e. The Morgan fingerprint density at radius 3 is 2.09 bits per heavy atom. The van der Waals surface area contributed by atoms with E-state index in [1.54, 1.807) is 0 Å². The van der Waals surface area contributed by atoms with Crippen molar-refractivity contribution in [1.82, 2.24) is 5.32 Å². The molecule has 0 aliphatic rings. The molecule has 0 spiro atoms. The van der Waals surface area contributed by atoms with Crippen molar-refractivity contribution in [3.05, 3.63) is 17.7 Å². The molecule has 0 aliphatic heterocycles. The molecule has 0 aliphatic carbocycles. The molecule has 0 unspecified atom stereocenters. The summed E-state index contributed by atoms with van der Waals surface area (Å²) in [7, 11) is 4.37. The molecule has 0 atom stereocenters. The van der Waals surface area contributed by atoms with Crippen molar-refractivity contribution in [2.45, 2.75) is 13.3 Å². The lowest BCUT2D eigenvalue weighted by Gasteiger charge is -2.13. The lowest BCUT2D eigenvalue weighted by molar-refractivity contribution is -0.124. The Labute approximate surface area is 129 Å². The van der Waals surface area contributed by atoms with Gasteiger partial charge in [-0.3, -0.25) is 4.79 Å². The van der Waals surface area contributed by atoms with E-state index in [9.17, 15) is 9.59 Å². The summed E-state index contributed by atoms with van der Waals surface area (Å²) in [5.74, 6) is 0.0595. The van der Waals surface area contributed by atoms with E-state index in [0.29, 0.717) is 23.8 Å². The number of benzene rings is 1. The average molecular weight is 311 g/mol. The van der Waals surface area contributed by atoms with Crippen LogP contribution in [0, 0.1) is 0 Å². The number of ether oxygens (including phenoxy) is 4. The summed E-state index contributed by atoms with van der Waals surface area (Å²) in [4.78, 5) is 23.4. The third-order valence-electron chi connectivity index (χ3n) is 2.81. The minimum absolute atomic E-state index is 0.206. The van der Waals surface area contributed by atoms with Gasteiger partial charge in [0, 0.05) is 6.54 Å². The monoisotopic (exact) mass is 311 g/mol. The van der Waals surface area contributed by atoms with Crippen LogP contribution in [0.5, 0.6) is 17.2 Å². The van der Waals surface area contributed by atoms with Crippen molar-refractivity contribution in [1.29, 1.82) is 0 Å². The van der Waals surface area contributed by atoms with Crippen LogP contribution in [0.1, 0.15) is 23.7 Å².